The van der Waals surface area contributed by atoms with Gasteiger partial charge < -0.3 is 30.4 Å². The zero-order valence-electron chi connectivity index (χ0n) is 25.0. The fourth-order valence-corrected chi connectivity index (χ4v) is 6.13. The molecule has 0 aliphatic heterocycles. The van der Waals surface area contributed by atoms with Crippen LogP contribution >= 0.6 is 0 Å². The number of aromatic amines is 1. The molecule has 0 radical (unpaired) electrons. The Hall–Kier alpha value is -5.97. The summed E-state index contributed by atoms with van der Waals surface area (Å²) in [5.74, 6) is 1.03. The average molecular weight is 627 g/mol. The Morgan fingerprint density at radius 2 is 1.66 bits per heavy atom. The molecule has 0 spiro atoms. The maximum Gasteiger partial charge on any atom is 0.412 e. The van der Waals surface area contributed by atoms with Crippen molar-refractivity contribution in [1.82, 2.24) is 15.3 Å². The van der Waals surface area contributed by atoms with E-state index in [9.17, 15) is 24.9 Å². The van der Waals surface area contributed by atoms with E-state index >= 15 is 0 Å². The van der Waals surface area contributed by atoms with Gasteiger partial charge in [0, 0.05) is 23.4 Å². The monoisotopic (exact) mass is 626 g/mol. The van der Waals surface area contributed by atoms with E-state index in [0.29, 0.717) is 28.3 Å². The maximum atomic E-state index is 12.1. The molecule has 1 aliphatic rings. The molecule has 5 N–H and O–H groups in total. The Labute approximate surface area is 269 Å². The number of hydrogen-bond acceptors (Lipinski definition) is 7. The van der Waals surface area contributed by atoms with Crippen LogP contribution in [0, 0.1) is 0 Å². The van der Waals surface area contributed by atoms with Gasteiger partial charge in [-0.15, -0.1) is 0 Å². The lowest BCUT2D eigenvalue weighted by Crippen LogP contribution is -2.28. The van der Waals surface area contributed by atoms with Crippen molar-refractivity contribution >= 4 is 22.8 Å². The number of ether oxygens (including phenoxy) is 1. The number of nitrogens with zero attached hydrogens (tertiary/aromatic N) is 2. The average Bonchev–Trinajstić information content (AvgIpc) is 3.41. The highest BCUT2D eigenvalue weighted by Crippen LogP contribution is 2.48. The van der Waals surface area contributed by atoms with E-state index in [1.54, 1.807) is 30.3 Å². The Morgan fingerprint density at radius 1 is 0.915 bits per heavy atom. The van der Waals surface area contributed by atoms with Gasteiger partial charge in [0.25, 0.3) is 5.56 Å². The number of hydrogen-bond donors (Lipinski definition) is 5. The molecule has 1 heterocycles. The minimum Gasteiger partial charge on any atom is -0.506 e. The first-order valence-corrected chi connectivity index (χ1v) is 15.0. The van der Waals surface area contributed by atoms with Gasteiger partial charge in [-0.05, 0) is 58.7 Å². The summed E-state index contributed by atoms with van der Waals surface area (Å²) in [5, 5.41) is 34.9. The number of anilines is 1. The Morgan fingerprint density at radius 3 is 2.45 bits per heavy atom. The Balaban J connectivity index is 1.15. The number of carbonyl (C=O) groups is 1. The second-order valence-electron chi connectivity index (χ2n) is 11.3. The van der Waals surface area contributed by atoms with Crippen LogP contribution in [0.2, 0.25) is 0 Å². The van der Waals surface area contributed by atoms with Gasteiger partial charge in [0.2, 0.25) is 0 Å². The van der Waals surface area contributed by atoms with Gasteiger partial charge in [-0.1, -0.05) is 72.8 Å². The van der Waals surface area contributed by atoms with Crippen molar-refractivity contribution in [3.63, 3.8) is 0 Å². The Bertz CT molecular complexity index is 2150. The second-order valence-corrected chi connectivity index (χ2v) is 11.3. The highest BCUT2D eigenvalue weighted by molar-refractivity contribution is 5.86. The first-order valence-electron chi connectivity index (χ1n) is 15.0. The number of benzene rings is 5. The van der Waals surface area contributed by atoms with E-state index in [-0.39, 0.29) is 30.4 Å². The standard InChI is InChI=1S/C37H30N4O6/c42-29-18-17-28(35-36(29)40-32(44)20-39-35)30(43)19-38-34-27-10-5-4-9-25(27)26-11-6-12-31(33(26)34)47-24-15-13-23(14-16-24)41(37(45)46)21-22-7-2-1-3-8-22/h1-18,20,30,34,38,42-43H,19,21H2,(H,40,44)(H,45,46)/t30-,34?/m0/s1. The van der Waals surface area contributed by atoms with Gasteiger partial charge in [-0.3, -0.25) is 9.69 Å². The van der Waals surface area contributed by atoms with E-state index < -0.39 is 17.8 Å². The molecule has 0 bridgehead atoms. The molecule has 1 aromatic heterocycles. The smallest absolute Gasteiger partial charge is 0.412 e. The number of phenolic OH excluding ortho intramolecular Hbond substituents is 1. The van der Waals surface area contributed by atoms with Crippen LogP contribution < -0.4 is 20.5 Å². The number of aromatic nitrogens is 2. The number of carboxylic acid groups (broad SMARTS) is 1. The summed E-state index contributed by atoms with van der Waals surface area (Å²) in [6, 6.07) is 32.9. The highest BCUT2D eigenvalue weighted by atomic mass is 16.5. The van der Waals surface area contributed by atoms with Gasteiger partial charge in [0.1, 0.15) is 22.8 Å². The van der Waals surface area contributed by atoms with Crippen LogP contribution in [-0.4, -0.2) is 37.9 Å². The molecule has 0 saturated heterocycles. The quantitative estimate of drug-likeness (QED) is 0.122. The predicted molar refractivity (Wildman–Crippen MR) is 178 cm³/mol. The Kier molecular flexibility index (Phi) is 7.86. The van der Waals surface area contributed by atoms with Crippen LogP contribution in [0.3, 0.4) is 0 Å². The van der Waals surface area contributed by atoms with Crippen molar-refractivity contribution in [2.24, 2.45) is 0 Å². The minimum absolute atomic E-state index is 0.130. The van der Waals surface area contributed by atoms with E-state index in [1.807, 2.05) is 72.8 Å². The molecule has 1 unspecified atom stereocenters. The molecule has 7 rings (SSSR count). The third-order valence-electron chi connectivity index (χ3n) is 8.33. The second kappa shape index (κ2) is 12.4. The lowest BCUT2D eigenvalue weighted by atomic mass is 10.0. The molecule has 10 nitrogen and oxygen atoms in total. The number of aliphatic hydroxyl groups excluding tert-OH is 1. The van der Waals surface area contributed by atoms with Crippen molar-refractivity contribution in [3.8, 4) is 28.4 Å². The third kappa shape index (κ3) is 5.79. The van der Waals surface area contributed by atoms with Crippen molar-refractivity contribution in [2.45, 2.75) is 18.7 Å². The number of amides is 1. The van der Waals surface area contributed by atoms with Crippen LogP contribution in [0.1, 0.15) is 34.4 Å². The lowest BCUT2D eigenvalue weighted by molar-refractivity contribution is 0.173. The van der Waals surface area contributed by atoms with Crippen LogP contribution in [0.25, 0.3) is 22.2 Å². The molecular weight excluding hydrogens is 596 g/mol. The van der Waals surface area contributed by atoms with Crippen LogP contribution in [0.4, 0.5) is 10.5 Å². The molecular formula is C37H30N4O6. The van der Waals surface area contributed by atoms with Crippen LogP contribution in [0.5, 0.6) is 17.2 Å². The molecule has 10 heteroatoms. The number of H-pyrrole nitrogens is 1. The highest BCUT2D eigenvalue weighted by Gasteiger charge is 2.32. The molecule has 0 fully saturated rings. The van der Waals surface area contributed by atoms with E-state index in [2.05, 4.69) is 15.3 Å². The zero-order chi connectivity index (χ0) is 32.5. The summed E-state index contributed by atoms with van der Waals surface area (Å²) in [6.07, 6.45) is -0.948. The van der Waals surface area contributed by atoms with Crippen molar-refractivity contribution < 1.29 is 24.9 Å². The molecule has 234 valence electrons. The molecule has 2 atom stereocenters. The number of rotatable bonds is 9. The number of fused-ring (bicyclic) bond motifs is 4. The normalized spacial score (nSPS) is 13.9. The SMILES string of the molecule is O=C(O)N(Cc1ccccc1)c1ccc(Oc2cccc3c2C(NC[C@H](O)c2ccc(O)c4[nH]c(=O)cnc24)c2ccccc2-3)cc1. The van der Waals surface area contributed by atoms with Crippen molar-refractivity contribution in [2.75, 3.05) is 11.4 Å². The third-order valence-corrected chi connectivity index (χ3v) is 8.33. The van der Waals surface area contributed by atoms with Crippen molar-refractivity contribution in [3.05, 3.63) is 148 Å². The first kappa shape index (κ1) is 29.7. The van der Waals surface area contributed by atoms with Gasteiger partial charge in [0.15, 0.2) is 0 Å². The summed E-state index contributed by atoms with van der Waals surface area (Å²) in [7, 11) is 0. The summed E-state index contributed by atoms with van der Waals surface area (Å²) < 4.78 is 6.43. The van der Waals surface area contributed by atoms with Crippen LogP contribution in [-0.2, 0) is 6.54 Å². The molecule has 1 aliphatic carbocycles. The summed E-state index contributed by atoms with van der Waals surface area (Å²) in [6.45, 7) is 0.350. The fourth-order valence-electron chi connectivity index (χ4n) is 6.13. The minimum atomic E-state index is -1.05. The van der Waals surface area contributed by atoms with E-state index in [1.165, 1.54) is 11.0 Å². The van der Waals surface area contributed by atoms with Gasteiger partial charge in [-0.25, -0.2) is 9.78 Å². The topological polar surface area (TPSA) is 148 Å². The van der Waals surface area contributed by atoms with Gasteiger partial charge in [-0.2, -0.15) is 0 Å². The number of nitrogens with one attached hydrogen (secondary N) is 2. The lowest BCUT2D eigenvalue weighted by Gasteiger charge is -2.22. The number of aliphatic hydroxyl groups is 1. The largest absolute Gasteiger partial charge is 0.506 e. The molecule has 1 amide bonds. The summed E-state index contributed by atoms with van der Waals surface area (Å²) in [5.41, 5.74) is 5.85. The van der Waals surface area contributed by atoms with Crippen LogP contribution in [0.15, 0.2) is 120 Å². The molecule has 6 aromatic rings. The van der Waals surface area contributed by atoms with Gasteiger partial charge in [0.05, 0.1) is 30.4 Å². The molecule has 47 heavy (non-hydrogen) atoms. The predicted octanol–water partition coefficient (Wildman–Crippen LogP) is 6.50. The maximum absolute atomic E-state index is 12.1. The molecule has 0 saturated carbocycles. The number of phenols is 1. The summed E-state index contributed by atoms with van der Waals surface area (Å²) in [4.78, 5) is 31.9. The fraction of sp³-hybridized carbons (Fsp3) is 0.108. The van der Waals surface area contributed by atoms with Crippen molar-refractivity contribution in [1.29, 1.82) is 0 Å². The van der Waals surface area contributed by atoms with E-state index in [0.717, 1.165) is 34.0 Å². The first-order chi connectivity index (χ1) is 22.9. The zero-order valence-corrected chi connectivity index (χ0v) is 25.0. The van der Waals surface area contributed by atoms with Gasteiger partial charge >= 0.3 is 6.09 Å². The number of aromatic hydroxyl groups is 1. The molecule has 5 aromatic carbocycles. The summed E-state index contributed by atoms with van der Waals surface area (Å²) >= 11 is 0. The van der Waals surface area contributed by atoms with E-state index in [4.69, 9.17) is 4.74 Å².